The van der Waals surface area contributed by atoms with Crippen molar-refractivity contribution in [3.63, 3.8) is 0 Å². The first-order chi connectivity index (χ1) is 50.5. The van der Waals surface area contributed by atoms with Gasteiger partial charge in [0, 0.05) is 25.8 Å². The lowest BCUT2D eigenvalue weighted by molar-refractivity contribution is -0.247. The van der Waals surface area contributed by atoms with Crippen molar-refractivity contribution in [2.75, 3.05) is 19.8 Å². The maximum absolute atomic E-state index is 14.8. The van der Waals surface area contributed by atoms with E-state index >= 15 is 0 Å². The number of esters is 3. The number of aliphatic hydroxyl groups excluding tert-OH is 1. The molecule has 0 aliphatic carbocycles. The first-order valence-electron chi connectivity index (χ1n) is 42.7. The number of benzene rings is 1. The van der Waals surface area contributed by atoms with Gasteiger partial charge in [-0.15, -0.1) is 0 Å². The van der Waals surface area contributed by atoms with E-state index in [1.54, 1.807) is 0 Å². The zero-order chi connectivity index (χ0) is 75.8. The highest BCUT2D eigenvalue weighted by molar-refractivity contribution is 7.46. The number of carbonyl (C=O) groups is 6. The SMILES string of the molecule is CCCCCCCCCCC[C@H](CC(=O)NCCOC1OC(CO)C(OP(=O)(O)O)C(NC(=O)C[C@@H](CCCCCCCCCCC)OC(=O)CCCCCCCc2ccccc2)C1NC(=O)C[C@@H](CCCCCCCCCCC)OC(=O)CCCCCCCCC)OC(=O)CCCCCCCCC. The van der Waals surface area contributed by atoms with Crippen molar-refractivity contribution in [1.82, 2.24) is 16.0 Å². The fourth-order valence-corrected chi connectivity index (χ4v) is 14.6. The Labute approximate surface area is 631 Å². The largest absolute Gasteiger partial charge is 0.470 e. The number of aryl methyl sites for hydroxylation is 1. The van der Waals surface area contributed by atoms with Crippen LogP contribution in [-0.2, 0) is 68.0 Å². The Kier molecular flexibility index (Phi) is 61.0. The molecule has 104 heavy (non-hydrogen) atoms. The quantitative estimate of drug-likeness (QED) is 0.0153. The van der Waals surface area contributed by atoms with Gasteiger partial charge in [-0.2, -0.15) is 0 Å². The highest BCUT2D eigenvalue weighted by Gasteiger charge is 2.51. The summed E-state index contributed by atoms with van der Waals surface area (Å²) in [5.74, 6) is -2.88. The number of rotatable bonds is 72. The molecule has 5 unspecified atom stereocenters. The third-order valence-electron chi connectivity index (χ3n) is 20.2. The predicted molar refractivity (Wildman–Crippen MR) is 418 cm³/mol. The normalized spacial score (nSPS) is 16.9. The molecular weight excluding hydrogens is 1340 g/mol. The fourth-order valence-electron chi connectivity index (χ4n) is 14.0. The van der Waals surface area contributed by atoms with Crippen LogP contribution in [-0.4, -0.2) is 119 Å². The Morgan fingerprint density at radius 2 is 0.740 bits per heavy atom. The van der Waals surface area contributed by atoms with Crippen molar-refractivity contribution in [1.29, 1.82) is 0 Å². The van der Waals surface area contributed by atoms with E-state index in [-0.39, 0.29) is 63.6 Å². The zero-order valence-corrected chi connectivity index (χ0v) is 67.2. The molecule has 604 valence electrons. The van der Waals surface area contributed by atoms with E-state index in [0.29, 0.717) is 44.9 Å². The summed E-state index contributed by atoms with van der Waals surface area (Å²) in [5.41, 5.74) is 1.30. The summed E-state index contributed by atoms with van der Waals surface area (Å²) in [6, 6.07) is 7.34. The smallest absolute Gasteiger partial charge is 0.462 e. The van der Waals surface area contributed by atoms with Crippen LogP contribution in [0.2, 0.25) is 0 Å². The number of hydrogen-bond acceptors (Lipinski definition) is 14. The summed E-state index contributed by atoms with van der Waals surface area (Å²) >= 11 is 0. The van der Waals surface area contributed by atoms with E-state index < -0.39 is 87.1 Å². The molecule has 1 aromatic carbocycles. The van der Waals surface area contributed by atoms with Crippen LogP contribution in [0.5, 0.6) is 0 Å². The van der Waals surface area contributed by atoms with Crippen LogP contribution in [0.15, 0.2) is 30.3 Å². The number of unbranched alkanes of at least 4 members (excludes halogenated alkanes) is 40. The zero-order valence-electron chi connectivity index (χ0n) is 66.3. The van der Waals surface area contributed by atoms with Crippen molar-refractivity contribution in [3.8, 4) is 0 Å². The maximum Gasteiger partial charge on any atom is 0.470 e. The van der Waals surface area contributed by atoms with Crippen LogP contribution in [0, 0.1) is 0 Å². The monoisotopic (exact) mass is 1490 g/mol. The Bertz CT molecular complexity index is 2310. The van der Waals surface area contributed by atoms with E-state index in [9.17, 15) is 48.2 Å². The molecule has 1 aliphatic rings. The summed E-state index contributed by atoms with van der Waals surface area (Å²) in [4.78, 5) is 105. The molecule has 1 aliphatic heterocycles. The van der Waals surface area contributed by atoms with Gasteiger partial charge in [-0.1, -0.05) is 315 Å². The van der Waals surface area contributed by atoms with Crippen molar-refractivity contribution in [2.24, 2.45) is 0 Å². The second kappa shape index (κ2) is 66.1. The molecule has 0 bridgehead atoms. The molecule has 0 radical (unpaired) electrons. The Morgan fingerprint density at radius 1 is 0.423 bits per heavy atom. The lowest BCUT2D eigenvalue weighted by Gasteiger charge is -2.46. The minimum Gasteiger partial charge on any atom is -0.462 e. The summed E-state index contributed by atoms with van der Waals surface area (Å²) < 4.78 is 49.3. The number of hydrogen-bond donors (Lipinski definition) is 6. The molecule has 0 aromatic heterocycles. The second-order valence-corrected chi connectivity index (χ2v) is 31.2. The Hall–Kier alpha value is -3.97. The summed E-state index contributed by atoms with van der Waals surface area (Å²) in [7, 11) is -5.44. The van der Waals surface area contributed by atoms with Gasteiger partial charge < -0.3 is 54.5 Å². The molecule has 1 saturated heterocycles. The van der Waals surface area contributed by atoms with Crippen LogP contribution in [0.1, 0.15) is 393 Å². The number of nitrogens with one attached hydrogen (secondary N) is 3. The first kappa shape index (κ1) is 96.1. The predicted octanol–water partition coefficient (Wildman–Crippen LogP) is 19.8. The number of ether oxygens (including phenoxy) is 5. The summed E-state index contributed by atoms with van der Waals surface area (Å²) in [6.45, 7) is 9.76. The summed E-state index contributed by atoms with van der Waals surface area (Å²) in [6.07, 6.45) is 43.0. The van der Waals surface area contributed by atoms with E-state index in [1.807, 2.05) is 18.2 Å². The third-order valence-corrected chi connectivity index (χ3v) is 20.7. The van der Waals surface area contributed by atoms with Crippen LogP contribution in [0.3, 0.4) is 0 Å². The molecule has 20 heteroatoms. The Balaban J connectivity index is 2.52. The van der Waals surface area contributed by atoms with Gasteiger partial charge in [0.25, 0.3) is 0 Å². The van der Waals surface area contributed by atoms with Gasteiger partial charge in [0.15, 0.2) is 6.29 Å². The Morgan fingerprint density at radius 3 is 1.09 bits per heavy atom. The lowest BCUT2D eigenvalue weighted by atomic mass is 9.93. The molecular formula is C84H152N3O16P. The number of aliphatic hydroxyl groups is 1. The van der Waals surface area contributed by atoms with Crippen LogP contribution >= 0.6 is 7.82 Å². The van der Waals surface area contributed by atoms with Crippen LogP contribution < -0.4 is 16.0 Å². The van der Waals surface area contributed by atoms with Crippen molar-refractivity contribution in [2.45, 2.75) is 443 Å². The van der Waals surface area contributed by atoms with Gasteiger partial charge in [0.05, 0.1) is 38.5 Å². The topological polar surface area (TPSA) is 272 Å². The number of phosphoric ester groups is 1. The van der Waals surface area contributed by atoms with Gasteiger partial charge in [-0.3, -0.25) is 33.3 Å². The van der Waals surface area contributed by atoms with Gasteiger partial charge >= 0.3 is 25.7 Å². The second-order valence-electron chi connectivity index (χ2n) is 30.0. The molecule has 6 N–H and O–H groups in total. The molecule has 0 spiro atoms. The van der Waals surface area contributed by atoms with Crippen LogP contribution in [0.25, 0.3) is 0 Å². The van der Waals surface area contributed by atoms with E-state index in [4.69, 9.17) is 28.2 Å². The highest BCUT2D eigenvalue weighted by atomic mass is 31.2. The maximum atomic E-state index is 14.8. The third kappa shape index (κ3) is 53.8. The van der Waals surface area contributed by atoms with Gasteiger partial charge in [0.2, 0.25) is 17.7 Å². The van der Waals surface area contributed by atoms with Gasteiger partial charge in [0.1, 0.15) is 36.6 Å². The molecule has 0 saturated carbocycles. The van der Waals surface area contributed by atoms with Gasteiger partial charge in [-0.25, -0.2) is 4.57 Å². The van der Waals surface area contributed by atoms with E-state index in [2.05, 4.69) is 62.7 Å². The molecule has 1 heterocycles. The molecule has 19 nitrogen and oxygen atoms in total. The minimum atomic E-state index is -5.44. The van der Waals surface area contributed by atoms with E-state index in [1.165, 1.54) is 108 Å². The van der Waals surface area contributed by atoms with Crippen molar-refractivity contribution < 1.29 is 76.4 Å². The number of phosphoric acid groups is 1. The molecule has 2 rings (SSSR count). The molecule has 3 amide bonds. The molecule has 1 aromatic rings. The average Bonchev–Trinajstić information content (AvgIpc) is 0.781. The minimum absolute atomic E-state index is 0.0741. The molecule has 1 fully saturated rings. The van der Waals surface area contributed by atoms with E-state index in [0.717, 1.165) is 173 Å². The average molecular weight is 1490 g/mol. The van der Waals surface area contributed by atoms with Gasteiger partial charge in [-0.05, 0) is 76.2 Å². The fraction of sp³-hybridized carbons (Fsp3) is 0.857. The highest BCUT2D eigenvalue weighted by Crippen LogP contribution is 2.42. The number of amides is 3. The van der Waals surface area contributed by atoms with Crippen molar-refractivity contribution in [3.05, 3.63) is 35.9 Å². The number of carbonyl (C=O) groups excluding carboxylic acids is 6. The lowest BCUT2D eigenvalue weighted by Crippen LogP contribution is -2.70. The van der Waals surface area contributed by atoms with Crippen LogP contribution in [0.4, 0.5) is 0 Å². The standard InChI is InChI=1S/C84H152N3O16P/c1-6-11-16-21-26-29-34-39-49-58-71(99-78(92)61-52-42-32-24-19-14-9-4)66-75(89)85-64-65-98-84-82(87-77(91)68-73(60-51-41-36-31-28-23-18-13-8-3)101-79(93)62-53-43-33-25-20-15-10-5)81(83(74(69-88)102-84)103-104(95,96)97)86-76(90)67-72(59-50-40-35-30-27-22-17-12-7-2)100-80(94)63-54-44-37-38-46-55-70-56-47-45-48-57-70/h45,47-48,56-57,71-74,81-84,88H,6-44,46,49-55,58-69H2,1-5H3,(H,85,89)(H,86,90)(H,87,91)(H2,95,96,97)/t71-,72-,73-,74?,81?,82?,83?,84?/m1/s1. The van der Waals surface area contributed by atoms with Crippen molar-refractivity contribution >= 4 is 43.5 Å². The first-order valence-corrected chi connectivity index (χ1v) is 44.2. The summed E-state index contributed by atoms with van der Waals surface area (Å²) in [5, 5.41) is 19.7. The molecule has 8 atom stereocenters.